The maximum atomic E-state index is 14.9. The minimum absolute atomic E-state index is 0.0903. The van der Waals surface area contributed by atoms with Gasteiger partial charge in [0.15, 0.2) is 8.32 Å². The fourth-order valence-electron chi connectivity index (χ4n) is 7.39. The summed E-state index contributed by atoms with van der Waals surface area (Å²) in [5.41, 5.74) is 2.04. The van der Waals surface area contributed by atoms with E-state index in [0.29, 0.717) is 43.8 Å². The molecule has 11 nitrogen and oxygen atoms in total. The van der Waals surface area contributed by atoms with Gasteiger partial charge in [-0.1, -0.05) is 119 Å². The number of carbonyl (C=O) groups excluding carboxylic acids is 4. The molecule has 1 heterocycles. The molecule has 3 aromatic carbocycles. The number of hydrogen-bond donors (Lipinski definition) is 2. The lowest BCUT2D eigenvalue weighted by molar-refractivity contribution is -0.140. The normalized spacial score (nSPS) is 15.9. The smallest absolute Gasteiger partial charge is 0.410 e. The number of hydrogen-bond acceptors (Lipinski definition) is 7. The molecule has 3 aromatic rings. The first-order valence-electron chi connectivity index (χ1n) is 22.0. The average molecular weight is 892 g/mol. The number of piperidine rings is 1. The third-order valence-electron chi connectivity index (χ3n) is 12.0. The molecule has 62 heavy (non-hydrogen) atoms. The van der Waals surface area contributed by atoms with Crippen molar-refractivity contribution < 1.29 is 33.1 Å². The number of halogens is 1. The third kappa shape index (κ3) is 15.4. The lowest BCUT2D eigenvalue weighted by Crippen LogP contribution is -2.57. The molecule has 0 saturated carbocycles. The zero-order chi connectivity index (χ0) is 45.8. The summed E-state index contributed by atoms with van der Waals surface area (Å²) in [6.07, 6.45) is 0.594. The van der Waals surface area contributed by atoms with Gasteiger partial charge < -0.3 is 34.3 Å². The Morgan fingerprint density at radius 3 is 1.95 bits per heavy atom. The van der Waals surface area contributed by atoms with Gasteiger partial charge in [-0.3, -0.25) is 9.59 Å². The van der Waals surface area contributed by atoms with Gasteiger partial charge in [0, 0.05) is 37.1 Å². The second kappa shape index (κ2) is 22.3. The highest BCUT2D eigenvalue weighted by atomic mass is 35.5. The van der Waals surface area contributed by atoms with E-state index >= 15 is 0 Å². The topological polar surface area (TPSA) is 127 Å². The van der Waals surface area contributed by atoms with Gasteiger partial charge in [0.2, 0.25) is 11.8 Å². The Morgan fingerprint density at radius 1 is 0.823 bits per heavy atom. The maximum Gasteiger partial charge on any atom is 0.410 e. The van der Waals surface area contributed by atoms with E-state index in [9.17, 15) is 19.2 Å². The standard InChI is InChI=1S/C49H71ClN4O7Si/c1-34(2)43(45(56)54-27-25-40(26-28-54)53(9)47(58)59-33-36-21-16-13-17-22-36)52-44(55)38(29-37-23-18-24-39(50)30-37)32-42(61-62(10,11)49(6,7)8)41(31-35-19-14-12-15-20-35)51-46(57)60-48(3,4)5/h12-24,30,34,38,40-43H,25-29,31-33H2,1-11H3,(H,51,57)(H,52,55)/t38?,41?,42?,43-/m0/s1. The van der Waals surface area contributed by atoms with Gasteiger partial charge in [-0.25, -0.2) is 9.59 Å². The Labute approximate surface area is 376 Å². The van der Waals surface area contributed by atoms with Crippen molar-refractivity contribution >= 4 is 43.9 Å². The zero-order valence-corrected chi connectivity index (χ0v) is 40.6. The van der Waals surface area contributed by atoms with E-state index in [4.69, 9.17) is 25.5 Å². The van der Waals surface area contributed by atoms with Crippen LogP contribution in [0.4, 0.5) is 9.59 Å². The molecule has 2 N–H and O–H groups in total. The quantitative estimate of drug-likeness (QED) is 0.129. The summed E-state index contributed by atoms with van der Waals surface area (Å²) in [4.78, 5) is 59.1. The van der Waals surface area contributed by atoms with Gasteiger partial charge in [-0.05, 0) is 106 Å². The first kappa shape index (κ1) is 50.3. The summed E-state index contributed by atoms with van der Waals surface area (Å²) >= 11 is 6.48. The average Bonchev–Trinajstić information content (AvgIpc) is 3.20. The van der Waals surface area contributed by atoms with Gasteiger partial charge in [-0.15, -0.1) is 0 Å². The summed E-state index contributed by atoms with van der Waals surface area (Å²) in [6, 6.07) is 25.5. The van der Waals surface area contributed by atoms with Crippen molar-refractivity contribution in [3.63, 3.8) is 0 Å². The van der Waals surface area contributed by atoms with E-state index in [1.165, 1.54) is 0 Å². The molecule has 0 bridgehead atoms. The predicted molar refractivity (Wildman–Crippen MR) is 249 cm³/mol. The van der Waals surface area contributed by atoms with Crippen LogP contribution in [0.3, 0.4) is 0 Å². The Morgan fingerprint density at radius 2 is 1.40 bits per heavy atom. The Bertz CT molecular complexity index is 1910. The first-order valence-corrected chi connectivity index (χ1v) is 25.3. The van der Waals surface area contributed by atoms with Crippen LogP contribution in [0.15, 0.2) is 84.9 Å². The van der Waals surface area contributed by atoms with Crippen LogP contribution < -0.4 is 10.6 Å². The molecule has 0 aromatic heterocycles. The summed E-state index contributed by atoms with van der Waals surface area (Å²) in [6.45, 7) is 21.2. The molecule has 4 amide bonds. The molecule has 0 spiro atoms. The summed E-state index contributed by atoms with van der Waals surface area (Å²) in [5, 5.41) is 6.72. The SMILES string of the molecule is CC(C)[C@H](NC(=O)C(Cc1cccc(Cl)c1)CC(O[Si](C)(C)C(C)(C)C)C(Cc1ccccc1)NC(=O)OC(C)(C)C)C(=O)N1CCC(N(C)C(=O)OCc2ccccc2)CC1. The fraction of sp³-hybridized carbons (Fsp3) is 0.551. The molecule has 3 unspecified atom stereocenters. The number of amides is 4. The number of ether oxygens (including phenoxy) is 2. The fourth-order valence-corrected chi connectivity index (χ4v) is 8.97. The first-order chi connectivity index (χ1) is 29.0. The van der Waals surface area contributed by atoms with Crippen LogP contribution in [0, 0.1) is 11.8 Å². The van der Waals surface area contributed by atoms with Crippen LogP contribution in [-0.4, -0.2) is 92.1 Å². The molecule has 340 valence electrons. The van der Waals surface area contributed by atoms with E-state index in [0.717, 1.165) is 16.7 Å². The van der Waals surface area contributed by atoms with Gasteiger partial charge >= 0.3 is 12.2 Å². The number of nitrogens with one attached hydrogen (secondary N) is 2. The van der Waals surface area contributed by atoms with Gasteiger partial charge in [0.05, 0.1) is 12.1 Å². The van der Waals surface area contributed by atoms with E-state index < -0.39 is 50.2 Å². The molecule has 4 rings (SSSR count). The van der Waals surface area contributed by atoms with E-state index in [2.05, 4.69) is 44.5 Å². The van der Waals surface area contributed by atoms with Crippen molar-refractivity contribution in [2.45, 2.75) is 142 Å². The van der Waals surface area contributed by atoms with Gasteiger partial charge in [-0.2, -0.15) is 0 Å². The second-order valence-electron chi connectivity index (χ2n) is 19.6. The van der Waals surface area contributed by atoms with Crippen LogP contribution in [-0.2, 0) is 42.9 Å². The van der Waals surface area contributed by atoms with Gasteiger partial charge in [0.25, 0.3) is 0 Å². The largest absolute Gasteiger partial charge is 0.445 e. The lowest BCUT2D eigenvalue weighted by Gasteiger charge is -2.42. The number of rotatable bonds is 17. The Kier molecular flexibility index (Phi) is 18.1. The van der Waals surface area contributed by atoms with Crippen molar-refractivity contribution in [3.05, 3.63) is 107 Å². The van der Waals surface area contributed by atoms with Crippen molar-refractivity contribution in [3.8, 4) is 0 Å². The number of nitrogens with zero attached hydrogens (tertiary/aromatic N) is 2. The van der Waals surface area contributed by atoms with Gasteiger partial charge in [0.1, 0.15) is 18.2 Å². The van der Waals surface area contributed by atoms with Crippen LogP contribution in [0.2, 0.25) is 23.2 Å². The number of likely N-dealkylation sites (tertiary alicyclic amines) is 1. The molecule has 1 saturated heterocycles. The lowest BCUT2D eigenvalue weighted by atomic mass is 9.88. The van der Waals surface area contributed by atoms with E-state index in [-0.39, 0.29) is 41.8 Å². The Hall–Kier alpha value is -4.39. The highest BCUT2D eigenvalue weighted by Gasteiger charge is 2.43. The zero-order valence-electron chi connectivity index (χ0n) is 38.8. The highest BCUT2D eigenvalue weighted by molar-refractivity contribution is 6.74. The van der Waals surface area contributed by atoms with Crippen LogP contribution >= 0.6 is 11.6 Å². The molecular weight excluding hydrogens is 820 g/mol. The van der Waals surface area contributed by atoms with E-state index in [1.807, 2.05) is 113 Å². The molecule has 1 fully saturated rings. The molecule has 1 aliphatic rings. The number of alkyl carbamates (subject to hydrolysis) is 1. The van der Waals surface area contributed by atoms with Crippen LogP contribution in [0.1, 0.15) is 91.3 Å². The van der Waals surface area contributed by atoms with Crippen molar-refractivity contribution in [1.29, 1.82) is 0 Å². The summed E-state index contributed by atoms with van der Waals surface area (Å²) in [5.74, 6) is -1.33. The minimum atomic E-state index is -2.52. The van der Waals surface area contributed by atoms with Crippen molar-refractivity contribution in [2.75, 3.05) is 20.1 Å². The van der Waals surface area contributed by atoms with Crippen LogP contribution in [0.5, 0.6) is 0 Å². The number of carbonyl (C=O) groups is 4. The molecule has 4 atom stereocenters. The second-order valence-corrected chi connectivity index (χ2v) is 24.8. The Balaban J connectivity index is 1.60. The maximum absolute atomic E-state index is 14.9. The molecule has 13 heteroatoms. The molecule has 0 radical (unpaired) electrons. The summed E-state index contributed by atoms with van der Waals surface area (Å²) in [7, 11) is -0.780. The summed E-state index contributed by atoms with van der Waals surface area (Å²) < 4.78 is 18.6. The monoisotopic (exact) mass is 890 g/mol. The number of benzene rings is 3. The van der Waals surface area contributed by atoms with E-state index in [1.54, 1.807) is 22.9 Å². The van der Waals surface area contributed by atoms with Crippen LogP contribution in [0.25, 0.3) is 0 Å². The molecular formula is C49H71ClN4O7Si. The predicted octanol–water partition coefficient (Wildman–Crippen LogP) is 9.82. The molecule has 0 aliphatic carbocycles. The highest BCUT2D eigenvalue weighted by Crippen LogP contribution is 2.39. The molecule has 1 aliphatic heterocycles. The van der Waals surface area contributed by atoms with Crippen molar-refractivity contribution in [1.82, 2.24) is 20.4 Å². The third-order valence-corrected chi connectivity index (χ3v) is 16.7. The minimum Gasteiger partial charge on any atom is -0.445 e. The van der Waals surface area contributed by atoms with Crippen molar-refractivity contribution in [2.24, 2.45) is 11.8 Å².